The highest BCUT2D eigenvalue weighted by atomic mass is 16.5. The van der Waals surface area contributed by atoms with Gasteiger partial charge in [-0.05, 0) is 31.6 Å². The number of methoxy groups -OCH3 is 1. The summed E-state index contributed by atoms with van der Waals surface area (Å²) in [5.74, 6) is 0.657. The van der Waals surface area contributed by atoms with E-state index in [-0.39, 0.29) is 23.9 Å². The van der Waals surface area contributed by atoms with Crippen LogP contribution in [0.15, 0.2) is 0 Å². The molecule has 20 heavy (non-hydrogen) atoms. The Balaban J connectivity index is 1.86. The molecule has 0 aromatic heterocycles. The first kappa shape index (κ1) is 15.1. The largest absolute Gasteiger partial charge is 0.453 e. The number of hydrogen-bond donors (Lipinski definition) is 2. The lowest BCUT2D eigenvalue weighted by Gasteiger charge is -2.34. The summed E-state index contributed by atoms with van der Waals surface area (Å²) in [6, 6.07) is 0.244. The Hall–Kier alpha value is -1.30. The van der Waals surface area contributed by atoms with Crippen molar-refractivity contribution >= 4 is 12.0 Å². The van der Waals surface area contributed by atoms with E-state index in [0.29, 0.717) is 19.0 Å². The number of nitrogens with one attached hydrogen (secondary N) is 1. The number of carbonyl (C=O) groups excluding carboxylic acids is 2. The van der Waals surface area contributed by atoms with Gasteiger partial charge in [0.05, 0.1) is 13.2 Å². The monoisotopic (exact) mass is 283 g/mol. The molecule has 6 heteroatoms. The fourth-order valence-corrected chi connectivity index (χ4v) is 3.34. The molecule has 2 amide bonds. The highest BCUT2D eigenvalue weighted by molar-refractivity contribution is 5.79. The second-order valence-corrected chi connectivity index (χ2v) is 6.06. The summed E-state index contributed by atoms with van der Waals surface area (Å²) in [5.41, 5.74) is 5.95. The minimum Gasteiger partial charge on any atom is -0.453 e. The molecule has 2 fully saturated rings. The van der Waals surface area contributed by atoms with Crippen LogP contribution >= 0.6 is 0 Å². The summed E-state index contributed by atoms with van der Waals surface area (Å²) >= 11 is 0. The molecule has 6 nitrogen and oxygen atoms in total. The Morgan fingerprint density at radius 3 is 2.70 bits per heavy atom. The van der Waals surface area contributed by atoms with Crippen LogP contribution in [0.3, 0.4) is 0 Å². The van der Waals surface area contributed by atoms with Crippen molar-refractivity contribution < 1.29 is 14.3 Å². The standard InChI is InChI=1S/C14H25N3O3/c1-9-7-10(15)3-4-12(9)13(18)17-6-5-11(8-17)16-14(19)20-2/h9-12H,3-8,15H2,1-2H3,(H,16,19). The summed E-state index contributed by atoms with van der Waals surface area (Å²) in [6.45, 7) is 3.41. The molecular formula is C14H25N3O3. The highest BCUT2D eigenvalue weighted by Crippen LogP contribution is 2.31. The first-order valence-corrected chi connectivity index (χ1v) is 7.40. The highest BCUT2D eigenvalue weighted by Gasteiger charge is 2.36. The van der Waals surface area contributed by atoms with E-state index >= 15 is 0 Å². The van der Waals surface area contributed by atoms with E-state index in [9.17, 15) is 9.59 Å². The van der Waals surface area contributed by atoms with Gasteiger partial charge in [-0.3, -0.25) is 4.79 Å². The van der Waals surface area contributed by atoms with Crippen LogP contribution in [0.25, 0.3) is 0 Å². The number of amides is 2. The van der Waals surface area contributed by atoms with Crippen LogP contribution in [-0.2, 0) is 9.53 Å². The molecule has 4 atom stereocenters. The SMILES string of the molecule is COC(=O)NC1CCN(C(=O)C2CCC(N)CC2C)C1. The van der Waals surface area contributed by atoms with Crippen LogP contribution < -0.4 is 11.1 Å². The molecular weight excluding hydrogens is 258 g/mol. The summed E-state index contributed by atoms with van der Waals surface area (Å²) in [7, 11) is 1.35. The first-order valence-electron chi connectivity index (χ1n) is 7.40. The van der Waals surface area contributed by atoms with Crippen molar-refractivity contribution in [3.63, 3.8) is 0 Å². The third kappa shape index (κ3) is 3.42. The molecule has 1 aliphatic heterocycles. The van der Waals surface area contributed by atoms with E-state index < -0.39 is 6.09 Å². The van der Waals surface area contributed by atoms with Crippen molar-refractivity contribution in [3.05, 3.63) is 0 Å². The van der Waals surface area contributed by atoms with Gasteiger partial charge in [-0.1, -0.05) is 6.92 Å². The predicted molar refractivity (Wildman–Crippen MR) is 75.0 cm³/mol. The number of nitrogens with two attached hydrogens (primary N) is 1. The normalized spacial score (nSPS) is 33.9. The lowest BCUT2D eigenvalue weighted by Crippen LogP contribution is -2.44. The van der Waals surface area contributed by atoms with Crippen molar-refractivity contribution in [2.75, 3.05) is 20.2 Å². The van der Waals surface area contributed by atoms with Crippen molar-refractivity contribution in [1.29, 1.82) is 0 Å². The molecule has 1 saturated carbocycles. The van der Waals surface area contributed by atoms with Gasteiger partial charge in [0.1, 0.15) is 0 Å². The van der Waals surface area contributed by atoms with E-state index in [2.05, 4.69) is 17.0 Å². The lowest BCUT2D eigenvalue weighted by atomic mass is 9.77. The molecule has 1 saturated heterocycles. The van der Waals surface area contributed by atoms with Crippen molar-refractivity contribution in [1.82, 2.24) is 10.2 Å². The van der Waals surface area contributed by atoms with E-state index in [1.807, 2.05) is 4.90 Å². The van der Waals surface area contributed by atoms with Gasteiger partial charge in [0, 0.05) is 25.0 Å². The zero-order valence-corrected chi connectivity index (χ0v) is 12.3. The van der Waals surface area contributed by atoms with E-state index in [1.165, 1.54) is 7.11 Å². The van der Waals surface area contributed by atoms with E-state index in [1.54, 1.807) is 0 Å². The molecule has 4 unspecified atom stereocenters. The van der Waals surface area contributed by atoms with Crippen LogP contribution in [0.1, 0.15) is 32.6 Å². The van der Waals surface area contributed by atoms with Crippen LogP contribution in [0, 0.1) is 11.8 Å². The lowest BCUT2D eigenvalue weighted by molar-refractivity contribution is -0.137. The quantitative estimate of drug-likeness (QED) is 0.781. The molecule has 1 heterocycles. The third-order valence-corrected chi connectivity index (χ3v) is 4.53. The number of nitrogens with zero attached hydrogens (tertiary/aromatic N) is 1. The van der Waals surface area contributed by atoms with Crippen molar-refractivity contribution in [2.45, 2.75) is 44.7 Å². The van der Waals surface area contributed by atoms with Gasteiger partial charge in [0.15, 0.2) is 0 Å². The fourth-order valence-electron chi connectivity index (χ4n) is 3.34. The molecule has 2 rings (SSSR count). The maximum Gasteiger partial charge on any atom is 0.407 e. The molecule has 0 spiro atoms. The van der Waals surface area contributed by atoms with Crippen LogP contribution in [0.2, 0.25) is 0 Å². The number of hydrogen-bond acceptors (Lipinski definition) is 4. The summed E-state index contributed by atoms with van der Waals surface area (Å²) < 4.78 is 4.59. The molecule has 0 bridgehead atoms. The number of carbonyl (C=O) groups is 2. The van der Waals surface area contributed by atoms with E-state index in [4.69, 9.17) is 5.73 Å². The van der Waals surface area contributed by atoms with Gasteiger partial charge in [0.25, 0.3) is 0 Å². The van der Waals surface area contributed by atoms with Crippen LogP contribution in [0.4, 0.5) is 4.79 Å². The molecule has 0 aromatic carbocycles. The zero-order valence-electron chi connectivity index (χ0n) is 12.3. The van der Waals surface area contributed by atoms with Gasteiger partial charge in [0.2, 0.25) is 5.91 Å². The van der Waals surface area contributed by atoms with Gasteiger partial charge >= 0.3 is 6.09 Å². The maximum absolute atomic E-state index is 12.6. The second-order valence-electron chi connectivity index (χ2n) is 6.06. The number of alkyl carbamates (subject to hydrolysis) is 1. The Kier molecular flexibility index (Phi) is 4.86. The van der Waals surface area contributed by atoms with Gasteiger partial charge in [-0.25, -0.2) is 4.79 Å². The average molecular weight is 283 g/mol. The smallest absolute Gasteiger partial charge is 0.407 e. The molecule has 114 valence electrons. The number of rotatable bonds is 2. The fraction of sp³-hybridized carbons (Fsp3) is 0.857. The molecule has 0 aromatic rings. The second kappa shape index (κ2) is 6.43. The molecule has 0 radical (unpaired) electrons. The van der Waals surface area contributed by atoms with Crippen LogP contribution in [-0.4, -0.2) is 49.2 Å². The summed E-state index contributed by atoms with van der Waals surface area (Å²) in [6.07, 6.45) is 3.10. The average Bonchev–Trinajstić information content (AvgIpc) is 2.86. The Morgan fingerprint density at radius 2 is 2.05 bits per heavy atom. The van der Waals surface area contributed by atoms with Crippen molar-refractivity contribution in [3.8, 4) is 0 Å². The third-order valence-electron chi connectivity index (χ3n) is 4.53. The Morgan fingerprint density at radius 1 is 1.30 bits per heavy atom. The van der Waals surface area contributed by atoms with Crippen LogP contribution in [0.5, 0.6) is 0 Å². The minimum absolute atomic E-state index is 0.00699. The predicted octanol–water partition coefficient (Wildman–Crippen LogP) is 0.707. The Labute approximate surface area is 120 Å². The zero-order chi connectivity index (χ0) is 14.7. The minimum atomic E-state index is -0.429. The topological polar surface area (TPSA) is 84.7 Å². The van der Waals surface area contributed by atoms with Crippen molar-refractivity contribution in [2.24, 2.45) is 17.6 Å². The first-order chi connectivity index (χ1) is 9.51. The van der Waals surface area contributed by atoms with E-state index in [0.717, 1.165) is 25.7 Å². The van der Waals surface area contributed by atoms with Gasteiger partial charge in [-0.2, -0.15) is 0 Å². The Bertz CT molecular complexity index is 375. The van der Waals surface area contributed by atoms with Gasteiger partial charge < -0.3 is 20.7 Å². The number of likely N-dealkylation sites (tertiary alicyclic amines) is 1. The van der Waals surface area contributed by atoms with Gasteiger partial charge in [-0.15, -0.1) is 0 Å². The molecule has 3 N–H and O–H groups in total. The summed E-state index contributed by atoms with van der Waals surface area (Å²) in [5, 5.41) is 2.76. The molecule has 1 aliphatic carbocycles. The number of ether oxygens (including phenoxy) is 1. The molecule has 2 aliphatic rings. The summed E-state index contributed by atoms with van der Waals surface area (Å²) in [4.78, 5) is 25.6. The maximum atomic E-state index is 12.6.